The molecule has 0 aliphatic carbocycles. The lowest BCUT2D eigenvalue weighted by atomic mass is 10.0. The molecule has 52 heavy (non-hydrogen) atoms. The van der Waals surface area contributed by atoms with Gasteiger partial charge >= 0.3 is 0 Å². The second-order valence-electron chi connectivity index (χ2n) is 13.0. The van der Waals surface area contributed by atoms with E-state index < -0.39 is 0 Å². The third kappa shape index (κ3) is 4.48. The molecule has 5 nitrogen and oxygen atoms in total. The van der Waals surface area contributed by atoms with E-state index in [9.17, 15) is 0 Å². The molecular weight excluding hydrogens is 659 g/mol. The van der Waals surface area contributed by atoms with Crippen molar-refractivity contribution in [2.75, 3.05) is 4.90 Å². The second kappa shape index (κ2) is 11.4. The number of hydrogen-bond acceptors (Lipinski definition) is 6. The van der Waals surface area contributed by atoms with E-state index in [0.717, 1.165) is 83.3 Å². The van der Waals surface area contributed by atoms with Gasteiger partial charge in [-0.15, -0.1) is 11.3 Å². The minimum absolute atomic E-state index is 0.793. The molecule has 0 bridgehead atoms. The average molecular weight is 686 g/mol. The molecule has 6 heteroatoms. The van der Waals surface area contributed by atoms with Crippen molar-refractivity contribution in [3.05, 3.63) is 164 Å². The van der Waals surface area contributed by atoms with Crippen LogP contribution in [0.15, 0.2) is 173 Å². The van der Waals surface area contributed by atoms with E-state index in [2.05, 4.69) is 142 Å². The van der Waals surface area contributed by atoms with E-state index in [-0.39, 0.29) is 0 Å². The van der Waals surface area contributed by atoms with E-state index >= 15 is 0 Å². The van der Waals surface area contributed by atoms with Crippen LogP contribution in [0.1, 0.15) is 0 Å². The summed E-state index contributed by atoms with van der Waals surface area (Å²) in [6, 6.07) is 51.4. The number of thiophene rings is 1. The van der Waals surface area contributed by atoms with Crippen molar-refractivity contribution in [2.24, 2.45) is 0 Å². The molecule has 11 aromatic rings. The predicted octanol–water partition coefficient (Wildman–Crippen LogP) is 13.4. The largest absolute Gasteiger partial charge is 0.454 e. The van der Waals surface area contributed by atoms with Gasteiger partial charge in [0, 0.05) is 76.9 Å². The molecule has 0 spiro atoms. The van der Waals surface area contributed by atoms with Gasteiger partial charge in [-0.05, 0) is 77.9 Å². The van der Waals surface area contributed by atoms with Gasteiger partial charge in [0.2, 0.25) is 0 Å². The normalized spacial score (nSPS) is 11.8. The number of aromatic nitrogens is 2. The van der Waals surface area contributed by atoms with Gasteiger partial charge < -0.3 is 13.7 Å². The Hall–Kier alpha value is -6.76. The highest BCUT2D eigenvalue weighted by Crippen LogP contribution is 2.43. The number of para-hydroxylation sites is 2. The molecule has 0 N–H and O–H groups in total. The van der Waals surface area contributed by atoms with Crippen molar-refractivity contribution in [3.8, 4) is 22.3 Å². The summed E-state index contributed by atoms with van der Waals surface area (Å²) < 4.78 is 15.2. The molecule has 0 fully saturated rings. The molecule has 0 radical (unpaired) electrons. The third-order valence-electron chi connectivity index (χ3n) is 10.0. The van der Waals surface area contributed by atoms with Crippen molar-refractivity contribution in [1.82, 2.24) is 9.97 Å². The van der Waals surface area contributed by atoms with Crippen molar-refractivity contribution < 1.29 is 8.83 Å². The number of anilines is 3. The predicted molar refractivity (Wildman–Crippen MR) is 215 cm³/mol. The Morgan fingerprint density at radius 1 is 0.462 bits per heavy atom. The Kier molecular flexibility index (Phi) is 6.35. The maximum Gasteiger partial charge on any atom is 0.153 e. The van der Waals surface area contributed by atoms with E-state index in [1.165, 1.54) is 20.2 Å². The number of pyridine rings is 2. The summed E-state index contributed by atoms with van der Waals surface area (Å²) in [5, 5.41) is 5.75. The number of nitrogens with zero attached hydrogens (tertiary/aromatic N) is 3. The monoisotopic (exact) mass is 685 g/mol. The molecule has 0 aliphatic rings. The SMILES string of the molecule is c1cnc2c(c1)oc1c(-c3ccc(N(c4ccc(-c5cccc6c5oc5cnccc56)cc4)c4ccc5c(c4)sc4ccccc45)cc3)cccc12. The van der Waals surface area contributed by atoms with Crippen LogP contribution < -0.4 is 4.90 Å². The molecule has 0 atom stereocenters. The molecule has 6 aromatic carbocycles. The molecule has 5 heterocycles. The van der Waals surface area contributed by atoms with E-state index in [1.54, 1.807) is 6.20 Å². The second-order valence-corrected chi connectivity index (χ2v) is 14.1. The summed E-state index contributed by atoms with van der Waals surface area (Å²) >= 11 is 1.83. The fourth-order valence-electron chi connectivity index (χ4n) is 7.61. The van der Waals surface area contributed by atoms with Crippen LogP contribution in [0.3, 0.4) is 0 Å². The molecule has 5 aromatic heterocycles. The Morgan fingerprint density at radius 2 is 1.12 bits per heavy atom. The maximum absolute atomic E-state index is 6.33. The van der Waals surface area contributed by atoms with Crippen LogP contribution in [0.25, 0.3) is 86.4 Å². The van der Waals surface area contributed by atoms with Crippen molar-refractivity contribution in [3.63, 3.8) is 0 Å². The van der Waals surface area contributed by atoms with E-state index in [0.29, 0.717) is 0 Å². The zero-order valence-corrected chi connectivity index (χ0v) is 28.5. The molecule has 11 rings (SSSR count). The maximum atomic E-state index is 6.33. The Labute approximate surface area is 301 Å². The average Bonchev–Trinajstić information content (AvgIpc) is 3.90. The Bertz CT molecular complexity index is 2980. The first kappa shape index (κ1) is 29.0. The smallest absolute Gasteiger partial charge is 0.153 e. The summed E-state index contributed by atoms with van der Waals surface area (Å²) in [5.74, 6) is 0. The molecule has 0 aliphatic heterocycles. The van der Waals surface area contributed by atoms with Gasteiger partial charge in [-0.3, -0.25) is 9.97 Å². The number of benzene rings is 6. The van der Waals surface area contributed by atoms with Gasteiger partial charge in [0.15, 0.2) is 11.2 Å². The van der Waals surface area contributed by atoms with Crippen molar-refractivity contribution >= 4 is 92.6 Å². The van der Waals surface area contributed by atoms with E-state index in [1.807, 2.05) is 41.9 Å². The number of hydrogen-bond donors (Lipinski definition) is 0. The van der Waals surface area contributed by atoms with Crippen LogP contribution in [0.5, 0.6) is 0 Å². The topological polar surface area (TPSA) is 55.3 Å². The van der Waals surface area contributed by atoms with Gasteiger partial charge in [0.1, 0.15) is 16.7 Å². The van der Waals surface area contributed by atoms with Crippen LogP contribution in [0.2, 0.25) is 0 Å². The molecule has 244 valence electrons. The highest BCUT2D eigenvalue weighted by atomic mass is 32.1. The lowest BCUT2D eigenvalue weighted by Crippen LogP contribution is -2.09. The zero-order valence-electron chi connectivity index (χ0n) is 27.7. The van der Waals surface area contributed by atoms with Crippen LogP contribution in [-0.4, -0.2) is 9.97 Å². The fraction of sp³-hybridized carbons (Fsp3) is 0. The van der Waals surface area contributed by atoms with Crippen LogP contribution in [-0.2, 0) is 0 Å². The van der Waals surface area contributed by atoms with Crippen LogP contribution in [0.4, 0.5) is 17.1 Å². The van der Waals surface area contributed by atoms with Gasteiger partial charge in [-0.2, -0.15) is 0 Å². The summed E-state index contributed by atoms with van der Waals surface area (Å²) in [6.07, 6.45) is 5.41. The third-order valence-corrected chi connectivity index (χ3v) is 11.2. The highest BCUT2D eigenvalue weighted by molar-refractivity contribution is 7.25. The van der Waals surface area contributed by atoms with Gasteiger partial charge in [0.25, 0.3) is 0 Å². The van der Waals surface area contributed by atoms with Gasteiger partial charge in [-0.1, -0.05) is 78.9 Å². The van der Waals surface area contributed by atoms with Gasteiger partial charge in [0.05, 0.1) is 6.20 Å². The standard InChI is InChI=1S/C46H27N3O2S/c1-2-12-42-36(6-1)37-22-21-32(26-43(37)52-42)49(30-17-13-28(14-18-30)33-7-3-9-38-35-23-25-47-27-41(35)51-45(33)38)31-19-15-29(16-20-31)34-8-4-10-39-44-40(50-46(34)39)11-5-24-48-44/h1-27H. The lowest BCUT2D eigenvalue weighted by Gasteiger charge is -2.26. The number of furan rings is 2. The molecule has 0 saturated carbocycles. The van der Waals surface area contributed by atoms with Gasteiger partial charge in [-0.25, -0.2) is 0 Å². The Balaban J connectivity index is 1.03. The van der Waals surface area contributed by atoms with E-state index in [4.69, 9.17) is 8.83 Å². The van der Waals surface area contributed by atoms with Crippen molar-refractivity contribution in [1.29, 1.82) is 0 Å². The number of fused-ring (bicyclic) bond motifs is 9. The summed E-state index contributed by atoms with van der Waals surface area (Å²) in [4.78, 5) is 11.2. The first-order valence-corrected chi connectivity index (χ1v) is 18.0. The minimum Gasteiger partial charge on any atom is -0.454 e. The summed E-state index contributed by atoms with van der Waals surface area (Å²) in [7, 11) is 0. The lowest BCUT2D eigenvalue weighted by molar-refractivity contribution is 0.668. The minimum atomic E-state index is 0.793. The first-order chi connectivity index (χ1) is 25.8. The first-order valence-electron chi connectivity index (χ1n) is 17.2. The Morgan fingerprint density at radius 3 is 1.90 bits per heavy atom. The summed E-state index contributed by atoms with van der Waals surface area (Å²) in [6.45, 7) is 0. The zero-order chi connectivity index (χ0) is 34.2. The molecule has 0 amide bonds. The van der Waals surface area contributed by atoms with Crippen molar-refractivity contribution in [2.45, 2.75) is 0 Å². The summed E-state index contributed by atoms with van der Waals surface area (Å²) in [5.41, 5.74) is 11.7. The molecule has 0 unspecified atom stereocenters. The van der Waals surface area contributed by atoms with Crippen LogP contribution >= 0.6 is 11.3 Å². The molecule has 0 saturated heterocycles. The fourth-order valence-corrected chi connectivity index (χ4v) is 8.75. The van der Waals surface area contributed by atoms with Crippen LogP contribution in [0, 0.1) is 0 Å². The number of rotatable bonds is 5. The quantitative estimate of drug-likeness (QED) is 0.180. The molecular formula is C46H27N3O2S. The highest BCUT2D eigenvalue weighted by Gasteiger charge is 2.18.